The Kier molecular flexibility index (Phi) is 7.53. The fourth-order valence-electron chi connectivity index (χ4n) is 2.41. The molecule has 0 atom stereocenters. The van der Waals surface area contributed by atoms with E-state index >= 15 is 0 Å². The van der Waals surface area contributed by atoms with Crippen molar-refractivity contribution in [2.75, 3.05) is 21.3 Å². The van der Waals surface area contributed by atoms with Gasteiger partial charge in [-0.2, -0.15) is 0 Å². The molecule has 0 aliphatic rings. The van der Waals surface area contributed by atoms with Crippen LogP contribution in [0.3, 0.4) is 0 Å². The van der Waals surface area contributed by atoms with E-state index in [-0.39, 0.29) is 22.0 Å². The molecule has 9 heteroatoms. The van der Waals surface area contributed by atoms with Crippen molar-refractivity contribution in [2.24, 2.45) is 0 Å². The number of benzene rings is 2. The molecule has 148 valence electrons. The Morgan fingerprint density at radius 1 is 1.07 bits per heavy atom. The molecule has 0 radical (unpaired) electrons. The number of ether oxygens (including phenoxy) is 3. The molecule has 7 nitrogen and oxygen atoms in total. The molecule has 0 aliphatic carbocycles. The van der Waals surface area contributed by atoms with Gasteiger partial charge in [0.1, 0.15) is 5.70 Å². The topological polar surface area (TPSA) is 94.1 Å². The molecule has 0 bridgehead atoms. The summed E-state index contributed by atoms with van der Waals surface area (Å²) in [6.07, 6.45) is 1.27. The van der Waals surface area contributed by atoms with Gasteiger partial charge in [-0.1, -0.05) is 11.6 Å². The summed E-state index contributed by atoms with van der Waals surface area (Å²) >= 11 is 8.09. The Balaban J connectivity index is 2.47. The Morgan fingerprint density at radius 2 is 1.75 bits per heavy atom. The fraction of sp³-hybridized carbons (Fsp3) is 0.158. The molecular weight excluding hydrogens is 501 g/mol. The number of aliphatic carboxylic acids is 1. The zero-order valence-corrected chi connectivity index (χ0v) is 18.1. The van der Waals surface area contributed by atoms with E-state index in [1.54, 1.807) is 30.3 Å². The van der Waals surface area contributed by atoms with Crippen LogP contribution >= 0.6 is 34.2 Å². The number of halogens is 2. The van der Waals surface area contributed by atoms with Crippen LogP contribution in [0.15, 0.2) is 36.0 Å². The molecule has 0 spiro atoms. The van der Waals surface area contributed by atoms with Gasteiger partial charge in [0.15, 0.2) is 11.5 Å². The first-order valence-corrected chi connectivity index (χ1v) is 9.28. The van der Waals surface area contributed by atoms with Crippen molar-refractivity contribution < 1.29 is 28.9 Å². The van der Waals surface area contributed by atoms with Crippen molar-refractivity contribution >= 4 is 52.1 Å². The third-order valence-electron chi connectivity index (χ3n) is 3.69. The van der Waals surface area contributed by atoms with E-state index < -0.39 is 11.9 Å². The van der Waals surface area contributed by atoms with Gasteiger partial charge in [-0.15, -0.1) is 0 Å². The van der Waals surface area contributed by atoms with Crippen LogP contribution in [-0.4, -0.2) is 38.3 Å². The number of carbonyl (C=O) groups excluding carboxylic acids is 1. The van der Waals surface area contributed by atoms with E-state index in [0.717, 1.165) is 3.57 Å². The van der Waals surface area contributed by atoms with Crippen molar-refractivity contribution in [2.45, 2.75) is 0 Å². The second-order valence-electron chi connectivity index (χ2n) is 5.37. The lowest BCUT2D eigenvalue weighted by Gasteiger charge is -2.15. The standard InChI is InChI=1S/C19H17ClINO6/c1-26-15-7-4-10(16(27-2)17(15)28-3)8-14(19(24)25)22-18(23)12-9-11(21)5-6-13(12)20/h4-9H,1-3H3,(H,22,23)(H,24,25)/b14-8-. The summed E-state index contributed by atoms with van der Waals surface area (Å²) in [5.41, 5.74) is 0.192. The molecule has 0 fully saturated rings. The molecule has 0 heterocycles. The van der Waals surface area contributed by atoms with Crippen molar-refractivity contribution in [3.8, 4) is 17.2 Å². The molecule has 0 unspecified atom stereocenters. The minimum absolute atomic E-state index is 0.167. The number of rotatable bonds is 7. The van der Waals surface area contributed by atoms with Gasteiger partial charge in [0.25, 0.3) is 5.91 Å². The molecule has 0 aliphatic heterocycles. The Hall–Kier alpha value is -2.46. The maximum absolute atomic E-state index is 12.5. The molecule has 0 saturated carbocycles. The zero-order valence-electron chi connectivity index (χ0n) is 15.2. The van der Waals surface area contributed by atoms with Gasteiger partial charge < -0.3 is 24.6 Å². The van der Waals surface area contributed by atoms with Gasteiger partial charge in [0, 0.05) is 9.13 Å². The smallest absolute Gasteiger partial charge is 0.352 e. The first-order valence-electron chi connectivity index (χ1n) is 7.82. The number of hydrogen-bond acceptors (Lipinski definition) is 5. The fourth-order valence-corrected chi connectivity index (χ4v) is 3.10. The number of carbonyl (C=O) groups is 2. The van der Waals surface area contributed by atoms with Crippen LogP contribution < -0.4 is 19.5 Å². The molecule has 0 aromatic heterocycles. The lowest BCUT2D eigenvalue weighted by molar-refractivity contribution is -0.132. The number of carboxylic acids is 1. The van der Waals surface area contributed by atoms with Crippen LogP contribution in [0.1, 0.15) is 15.9 Å². The van der Waals surface area contributed by atoms with Crippen molar-refractivity contribution in [1.82, 2.24) is 5.32 Å². The van der Waals surface area contributed by atoms with E-state index in [9.17, 15) is 14.7 Å². The van der Waals surface area contributed by atoms with Gasteiger partial charge in [0.2, 0.25) is 5.75 Å². The maximum Gasteiger partial charge on any atom is 0.352 e. The average Bonchev–Trinajstić information content (AvgIpc) is 2.68. The molecule has 2 aromatic carbocycles. The average molecular weight is 518 g/mol. The van der Waals surface area contributed by atoms with E-state index in [1.165, 1.54) is 27.4 Å². The van der Waals surface area contributed by atoms with Crippen molar-refractivity contribution in [3.05, 3.63) is 55.7 Å². The first-order chi connectivity index (χ1) is 13.3. The minimum Gasteiger partial charge on any atom is -0.493 e. The molecule has 0 saturated heterocycles. The quantitative estimate of drug-likeness (QED) is 0.428. The lowest BCUT2D eigenvalue weighted by Crippen LogP contribution is -2.27. The van der Waals surface area contributed by atoms with Gasteiger partial charge in [0.05, 0.1) is 31.9 Å². The van der Waals surface area contributed by atoms with Crippen LogP contribution in [0, 0.1) is 3.57 Å². The summed E-state index contributed by atoms with van der Waals surface area (Å²) in [4.78, 5) is 24.2. The third-order valence-corrected chi connectivity index (χ3v) is 4.69. The number of carboxylic acid groups (broad SMARTS) is 1. The van der Waals surface area contributed by atoms with E-state index in [0.29, 0.717) is 17.1 Å². The SMILES string of the molecule is COc1ccc(/C=C(\NC(=O)c2cc(I)ccc2Cl)C(=O)O)c(OC)c1OC. The largest absolute Gasteiger partial charge is 0.493 e. The highest BCUT2D eigenvalue weighted by molar-refractivity contribution is 14.1. The Bertz CT molecular complexity index is 944. The van der Waals surface area contributed by atoms with Crippen LogP contribution in [0.5, 0.6) is 17.2 Å². The second-order valence-corrected chi connectivity index (χ2v) is 7.02. The summed E-state index contributed by atoms with van der Waals surface area (Å²) in [5, 5.41) is 12.1. The highest BCUT2D eigenvalue weighted by Gasteiger charge is 2.19. The highest BCUT2D eigenvalue weighted by Crippen LogP contribution is 2.40. The zero-order chi connectivity index (χ0) is 20.8. The first kappa shape index (κ1) is 21.8. The van der Waals surface area contributed by atoms with Crippen molar-refractivity contribution in [1.29, 1.82) is 0 Å². The summed E-state index contributed by atoms with van der Waals surface area (Å²) in [6.45, 7) is 0. The Morgan fingerprint density at radius 3 is 2.32 bits per heavy atom. The molecular formula is C19H17ClINO6. The summed E-state index contributed by atoms with van der Waals surface area (Å²) in [5.74, 6) is -0.982. The van der Waals surface area contributed by atoms with Gasteiger partial charge in [-0.3, -0.25) is 4.79 Å². The van der Waals surface area contributed by atoms with Crippen LogP contribution in [0.25, 0.3) is 6.08 Å². The molecule has 1 amide bonds. The van der Waals surface area contributed by atoms with E-state index in [2.05, 4.69) is 5.32 Å². The summed E-state index contributed by atoms with van der Waals surface area (Å²) in [6, 6.07) is 8.06. The summed E-state index contributed by atoms with van der Waals surface area (Å²) < 4.78 is 16.6. The molecule has 2 N–H and O–H groups in total. The molecule has 2 rings (SSSR count). The normalized spacial score (nSPS) is 11.0. The van der Waals surface area contributed by atoms with Crippen LogP contribution in [0.2, 0.25) is 5.02 Å². The van der Waals surface area contributed by atoms with E-state index in [4.69, 9.17) is 25.8 Å². The predicted octanol–water partition coefficient (Wildman–Crippen LogP) is 3.83. The monoisotopic (exact) mass is 517 g/mol. The number of hydrogen-bond donors (Lipinski definition) is 2. The maximum atomic E-state index is 12.5. The molecule has 2 aromatic rings. The van der Waals surface area contributed by atoms with Crippen LogP contribution in [0.4, 0.5) is 0 Å². The lowest BCUT2D eigenvalue weighted by atomic mass is 10.1. The minimum atomic E-state index is -1.33. The number of methoxy groups -OCH3 is 3. The van der Waals surface area contributed by atoms with Gasteiger partial charge in [-0.05, 0) is 59.0 Å². The number of amides is 1. The Labute approximate surface area is 180 Å². The third kappa shape index (κ3) is 4.87. The predicted molar refractivity (Wildman–Crippen MR) is 113 cm³/mol. The van der Waals surface area contributed by atoms with E-state index in [1.807, 2.05) is 22.6 Å². The molecule has 28 heavy (non-hydrogen) atoms. The van der Waals surface area contributed by atoms with Gasteiger partial charge in [-0.25, -0.2) is 4.79 Å². The number of nitrogens with one attached hydrogen (secondary N) is 1. The summed E-state index contributed by atoms with van der Waals surface area (Å²) in [7, 11) is 4.33. The van der Waals surface area contributed by atoms with Crippen LogP contribution in [-0.2, 0) is 4.79 Å². The highest BCUT2D eigenvalue weighted by atomic mass is 127. The van der Waals surface area contributed by atoms with Gasteiger partial charge >= 0.3 is 5.97 Å². The van der Waals surface area contributed by atoms with Crippen molar-refractivity contribution in [3.63, 3.8) is 0 Å². The second kappa shape index (κ2) is 9.65.